The minimum absolute atomic E-state index is 0.0287. The molecule has 1 fully saturated rings. The molecule has 6 aromatic rings. The number of halogens is 1. The molecule has 0 atom stereocenters. The summed E-state index contributed by atoms with van der Waals surface area (Å²) in [6, 6.07) is 10.8. The normalized spacial score (nSPS) is 14.0. The van der Waals surface area contributed by atoms with Gasteiger partial charge in [0.25, 0.3) is 5.91 Å². The van der Waals surface area contributed by atoms with Gasteiger partial charge in [0.1, 0.15) is 16.8 Å². The molecular formula is C36H36FN5O5. The molecule has 1 amide bonds. The molecule has 1 aliphatic heterocycles. The molecule has 2 aromatic heterocycles. The Balaban J connectivity index is 1.44. The van der Waals surface area contributed by atoms with Crippen LogP contribution in [0.5, 0.6) is 0 Å². The molecule has 0 unspecified atom stereocenters. The summed E-state index contributed by atoms with van der Waals surface area (Å²) in [4.78, 5) is 58.7. The Labute approximate surface area is 268 Å². The van der Waals surface area contributed by atoms with Gasteiger partial charge in [0.15, 0.2) is 27.8 Å². The van der Waals surface area contributed by atoms with Crippen LogP contribution in [0, 0.1) is 5.82 Å². The second-order valence-electron chi connectivity index (χ2n) is 12.6. The third-order valence-corrected chi connectivity index (χ3v) is 9.16. The first-order chi connectivity index (χ1) is 22.7. The molecule has 2 N–H and O–H groups in total. The molecule has 1 saturated heterocycles. The highest BCUT2D eigenvalue weighted by molar-refractivity contribution is 6.08. The second-order valence-corrected chi connectivity index (χ2v) is 12.6. The van der Waals surface area contributed by atoms with Crippen LogP contribution in [0.25, 0.3) is 49.1 Å². The van der Waals surface area contributed by atoms with Crippen LogP contribution >= 0.6 is 0 Å². The molecule has 1 aliphatic rings. The Morgan fingerprint density at radius 3 is 2.30 bits per heavy atom. The molecule has 0 spiro atoms. The average molecular weight is 638 g/mol. The van der Waals surface area contributed by atoms with E-state index >= 15 is 4.39 Å². The summed E-state index contributed by atoms with van der Waals surface area (Å²) >= 11 is 0. The average Bonchev–Trinajstić information content (AvgIpc) is 3.58. The van der Waals surface area contributed by atoms with Gasteiger partial charge in [-0.1, -0.05) is 24.3 Å². The fourth-order valence-electron chi connectivity index (χ4n) is 6.73. The number of anilines is 1. The lowest BCUT2D eigenvalue weighted by Crippen LogP contribution is -2.30. The van der Waals surface area contributed by atoms with Crippen LogP contribution in [0.3, 0.4) is 0 Å². The maximum absolute atomic E-state index is 15.9. The van der Waals surface area contributed by atoms with Crippen molar-refractivity contribution >= 4 is 60.7 Å². The van der Waals surface area contributed by atoms with E-state index in [4.69, 9.17) is 4.42 Å². The van der Waals surface area contributed by atoms with E-state index in [0.717, 1.165) is 51.4 Å². The van der Waals surface area contributed by atoms with Gasteiger partial charge in [-0.15, -0.1) is 0 Å². The summed E-state index contributed by atoms with van der Waals surface area (Å²) in [6.07, 6.45) is 5.26. The first-order valence-electron chi connectivity index (χ1n) is 16.1. The number of likely N-dealkylation sites (tertiary alicyclic amines) is 1. The van der Waals surface area contributed by atoms with Crippen molar-refractivity contribution in [2.75, 3.05) is 58.7 Å². The molecule has 4 aromatic carbocycles. The van der Waals surface area contributed by atoms with E-state index in [9.17, 15) is 19.2 Å². The molecule has 242 valence electrons. The number of aromatic nitrogens is 1. The third kappa shape index (κ3) is 5.49. The summed E-state index contributed by atoms with van der Waals surface area (Å²) in [5.74, 6) is -1.27. The van der Waals surface area contributed by atoms with E-state index < -0.39 is 17.2 Å². The van der Waals surface area contributed by atoms with Gasteiger partial charge in [-0.05, 0) is 77.6 Å². The Hall–Kier alpha value is -4.87. The van der Waals surface area contributed by atoms with E-state index in [-0.39, 0.29) is 54.9 Å². The van der Waals surface area contributed by atoms with Crippen LogP contribution in [0.4, 0.5) is 10.1 Å². The van der Waals surface area contributed by atoms with Crippen molar-refractivity contribution in [3.63, 3.8) is 0 Å². The monoisotopic (exact) mass is 637 g/mol. The van der Waals surface area contributed by atoms with E-state index in [1.54, 1.807) is 34.7 Å². The summed E-state index contributed by atoms with van der Waals surface area (Å²) in [7, 11) is 3.95. The number of benzene rings is 4. The van der Waals surface area contributed by atoms with Crippen molar-refractivity contribution in [3.05, 3.63) is 90.7 Å². The second kappa shape index (κ2) is 12.4. The summed E-state index contributed by atoms with van der Waals surface area (Å²) in [6.45, 7) is 4.35. The van der Waals surface area contributed by atoms with Crippen molar-refractivity contribution in [3.8, 4) is 0 Å². The first-order valence-corrected chi connectivity index (χ1v) is 16.1. The molecule has 0 bridgehead atoms. The van der Waals surface area contributed by atoms with Crippen LogP contribution in [0.2, 0.25) is 0 Å². The third-order valence-electron chi connectivity index (χ3n) is 9.16. The van der Waals surface area contributed by atoms with Gasteiger partial charge in [0.2, 0.25) is 5.43 Å². The van der Waals surface area contributed by atoms with Crippen LogP contribution in [0.15, 0.2) is 67.5 Å². The van der Waals surface area contributed by atoms with Crippen molar-refractivity contribution in [1.29, 1.82) is 0 Å². The number of nitrogens with zero attached hydrogens (tertiary/aromatic N) is 3. The number of unbranched alkanes of at least 4 members (excludes halogenated alkanes) is 1. The Kier molecular flexibility index (Phi) is 8.11. The summed E-state index contributed by atoms with van der Waals surface area (Å²) < 4.78 is 23.9. The first kappa shape index (κ1) is 30.8. The van der Waals surface area contributed by atoms with E-state index in [1.165, 1.54) is 12.3 Å². The molecule has 3 heterocycles. The number of amides is 1. The Bertz CT molecular complexity index is 2360. The molecule has 47 heavy (non-hydrogen) atoms. The van der Waals surface area contributed by atoms with Gasteiger partial charge < -0.3 is 29.3 Å². The van der Waals surface area contributed by atoms with Crippen LogP contribution < -0.4 is 26.9 Å². The molecular weight excluding hydrogens is 601 g/mol. The van der Waals surface area contributed by atoms with Gasteiger partial charge in [0, 0.05) is 47.4 Å². The fraction of sp³-hybridized carbons (Fsp3) is 0.333. The lowest BCUT2D eigenvalue weighted by atomic mass is 10.0. The number of nitrogens with one attached hydrogen (secondary N) is 2. The SMILES string of the molecule is CN(C)CCCCNC(=O)c1cn2c3cc4c(=O)c5ccccc5c(=O)c4cc3oc3c(NCCN4CCCC4)c(F)cc(c1=O)c32. The lowest BCUT2D eigenvalue weighted by molar-refractivity contribution is 0.0951. The molecule has 0 saturated carbocycles. The number of hydrogen-bond acceptors (Lipinski definition) is 8. The Morgan fingerprint density at radius 2 is 1.60 bits per heavy atom. The van der Waals surface area contributed by atoms with Crippen molar-refractivity contribution < 1.29 is 13.6 Å². The number of carbonyl (C=O) groups is 1. The minimum Gasteiger partial charge on any atom is -0.451 e. The number of hydrogen-bond donors (Lipinski definition) is 2. The topological polar surface area (TPSA) is 116 Å². The number of pyridine rings is 1. The smallest absolute Gasteiger partial charge is 0.256 e. The highest BCUT2D eigenvalue weighted by Crippen LogP contribution is 2.34. The molecule has 7 rings (SSSR count). The summed E-state index contributed by atoms with van der Waals surface area (Å²) in [5.41, 5.74) is -0.447. The van der Waals surface area contributed by atoms with E-state index in [0.29, 0.717) is 35.9 Å². The number of carbonyl (C=O) groups excluding carboxylic acids is 1. The lowest BCUT2D eigenvalue weighted by Gasteiger charge is -2.19. The van der Waals surface area contributed by atoms with Crippen molar-refractivity contribution in [2.45, 2.75) is 25.7 Å². The van der Waals surface area contributed by atoms with Gasteiger partial charge >= 0.3 is 0 Å². The maximum Gasteiger partial charge on any atom is 0.256 e. The van der Waals surface area contributed by atoms with Crippen molar-refractivity contribution in [2.24, 2.45) is 0 Å². The molecule has 11 heteroatoms. The molecule has 0 aliphatic carbocycles. The molecule has 0 radical (unpaired) electrons. The van der Waals surface area contributed by atoms with Gasteiger partial charge in [-0.3, -0.25) is 19.2 Å². The maximum atomic E-state index is 15.9. The minimum atomic E-state index is -0.694. The van der Waals surface area contributed by atoms with Gasteiger partial charge in [-0.2, -0.15) is 0 Å². The summed E-state index contributed by atoms with van der Waals surface area (Å²) in [5, 5.41) is 6.93. The highest BCUT2D eigenvalue weighted by atomic mass is 19.1. The highest BCUT2D eigenvalue weighted by Gasteiger charge is 2.24. The quantitative estimate of drug-likeness (QED) is 0.129. The predicted molar refractivity (Wildman–Crippen MR) is 184 cm³/mol. The van der Waals surface area contributed by atoms with E-state index in [2.05, 4.69) is 20.4 Å². The standard InChI is InChI=1S/C36H36FN5O5/c1-40(2)13-6-5-11-39-36(46)26-20-42-28-18-23-24(33(44)22-10-4-3-9-21(22)32(23)43)19-29(28)47-35-30(38-12-16-41-14-7-8-15-41)27(37)17-25(31(35)42)34(26)45/h3-4,9-10,17-20,38H,5-8,11-16H2,1-2H3,(H,39,46). The van der Waals surface area contributed by atoms with Gasteiger partial charge in [0.05, 0.1) is 10.9 Å². The number of fused-ring (bicyclic) bond motifs is 4. The fourth-order valence-corrected chi connectivity index (χ4v) is 6.73. The van der Waals surface area contributed by atoms with Gasteiger partial charge in [-0.25, -0.2) is 4.39 Å². The zero-order chi connectivity index (χ0) is 32.8. The predicted octanol–water partition coefficient (Wildman–Crippen LogP) is 4.38. The van der Waals surface area contributed by atoms with Crippen LogP contribution in [0.1, 0.15) is 36.0 Å². The number of rotatable bonds is 10. The van der Waals surface area contributed by atoms with Crippen LogP contribution in [-0.4, -0.2) is 73.5 Å². The zero-order valence-electron chi connectivity index (χ0n) is 26.5. The van der Waals surface area contributed by atoms with E-state index in [1.807, 2.05) is 14.1 Å². The largest absolute Gasteiger partial charge is 0.451 e. The Morgan fingerprint density at radius 1 is 0.894 bits per heavy atom. The van der Waals surface area contributed by atoms with Crippen molar-refractivity contribution in [1.82, 2.24) is 19.5 Å². The molecule has 10 nitrogen and oxygen atoms in total. The zero-order valence-corrected chi connectivity index (χ0v) is 26.5. The van der Waals surface area contributed by atoms with Crippen LogP contribution in [-0.2, 0) is 0 Å².